The van der Waals surface area contributed by atoms with Crippen molar-refractivity contribution in [3.05, 3.63) is 65.9 Å². The zero-order valence-corrected chi connectivity index (χ0v) is 17.3. The summed E-state index contributed by atoms with van der Waals surface area (Å²) in [4.78, 5) is 0.105. The first kappa shape index (κ1) is 21.1. The van der Waals surface area contributed by atoms with E-state index in [0.29, 0.717) is 11.3 Å². The number of hydrogen-bond acceptors (Lipinski definition) is 3. The Morgan fingerprint density at radius 1 is 0.897 bits per heavy atom. The molecule has 29 heavy (non-hydrogen) atoms. The van der Waals surface area contributed by atoms with Gasteiger partial charge < -0.3 is 0 Å². The molecule has 0 bridgehead atoms. The van der Waals surface area contributed by atoms with Crippen LogP contribution in [0.25, 0.3) is 16.9 Å². The molecule has 8 heteroatoms. The Hall–Kier alpha value is -2.61. The highest BCUT2D eigenvalue weighted by molar-refractivity contribution is 7.92. The minimum absolute atomic E-state index is 0.105. The van der Waals surface area contributed by atoms with Gasteiger partial charge in [0.15, 0.2) is 15.5 Å². The maximum absolute atomic E-state index is 13.3. The van der Waals surface area contributed by atoms with E-state index in [9.17, 15) is 21.6 Å². The standard InChI is InChI=1S/C21H21F3N2O2S/c1-14-5-7-15(8-6-14)18-13-19(21(22,23)24)25-26(18)16-9-11-17(12-10-16)29(27,28)20(2,3)4/h5-13H,1-4H3. The smallest absolute Gasteiger partial charge is 0.233 e. The van der Waals surface area contributed by atoms with Crippen molar-refractivity contribution >= 4 is 9.84 Å². The minimum Gasteiger partial charge on any atom is -0.233 e. The Morgan fingerprint density at radius 3 is 1.93 bits per heavy atom. The van der Waals surface area contributed by atoms with Gasteiger partial charge in [-0.1, -0.05) is 29.8 Å². The normalized spacial score (nSPS) is 12.9. The van der Waals surface area contributed by atoms with Crippen molar-refractivity contribution < 1.29 is 21.6 Å². The predicted molar refractivity (Wildman–Crippen MR) is 106 cm³/mol. The van der Waals surface area contributed by atoms with Gasteiger partial charge in [-0.25, -0.2) is 13.1 Å². The molecule has 4 nitrogen and oxygen atoms in total. The van der Waals surface area contributed by atoms with Crippen molar-refractivity contribution in [2.45, 2.75) is 43.5 Å². The number of sulfone groups is 1. The van der Waals surface area contributed by atoms with Gasteiger partial charge in [-0.05, 0) is 58.0 Å². The summed E-state index contributed by atoms with van der Waals surface area (Å²) in [5, 5.41) is 3.73. The number of hydrogen-bond donors (Lipinski definition) is 0. The Morgan fingerprint density at radius 2 is 1.45 bits per heavy atom. The fraction of sp³-hybridized carbons (Fsp3) is 0.286. The molecule has 0 unspecified atom stereocenters. The molecule has 1 aromatic heterocycles. The highest BCUT2D eigenvalue weighted by Crippen LogP contribution is 2.34. The first-order valence-electron chi connectivity index (χ1n) is 8.90. The molecule has 3 aromatic rings. The molecule has 0 saturated heterocycles. The van der Waals surface area contributed by atoms with Crippen molar-refractivity contribution in [2.75, 3.05) is 0 Å². The summed E-state index contributed by atoms with van der Waals surface area (Å²) in [5.41, 5.74) is 1.14. The van der Waals surface area contributed by atoms with Crippen LogP contribution in [0.2, 0.25) is 0 Å². The van der Waals surface area contributed by atoms with Crippen LogP contribution in [0, 0.1) is 6.92 Å². The lowest BCUT2D eigenvalue weighted by Crippen LogP contribution is -2.27. The van der Waals surface area contributed by atoms with Crippen LogP contribution in [-0.4, -0.2) is 22.9 Å². The quantitative estimate of drug-likeness (QED) is 0.565. The number of aromatic nitrogens is 2. The summed E-state index contributed by atoms with van der Waals surface area (Å²) in [7, 11) is -3.57. The predicted octanol–water partition coefficient (Wildman–Crippen LogP) is 5.44. The van der Waals surface area contributed by atoms with E-state index in [-0.39, 0.29) is 10.6 Å². The lowest BCUT2D eigenvalue weighted by molar-refractivity contribution is -0.141. The van der Waals surface area contributed by atoms with Gasteiger partial charge >= 0.3 is 6.18 Å². The number of benzene rings is 2. The van der Waals surface area contributed by atoms with E-state index >= 15 is 0 Å². The molecule has 3 rings (SSSR count). The molecule has 0 atom stereocenters. The number of alkyl halides is 3. The molecule has 0 aliphatic heterocycles. The maximum atomic E-state index is 13.3. The van der Waals surface area contributed by atoms with Gasteiger partial charge in [0.25, 0.3) is 0 Å². The molecule has 0 aliphatic carbocycles. The van der Waals surface area contributed by atoms with Crippen molar-refractivity contribution in [3.8, 4) is 16.9 Å². The van der Waals surface area contributed by atoms with E-state index in [1.165, 1.54) is 28.9 Å². The van der Waals surface area contributed by atoms with Gasteiger partial charge in [0.2, 0.25) is 0 Å². The molecule has 0 radical (unpaired) electrons. The zero-order valence-electron chi connectivity index (χ0n) is 16.4. The summed E-state index contributed by atoms with van der Waals surface area (Å²) in [6, 6.07) is 13.8. The third kappa shape index (κ3) is 4.07. The topological polar surface area (TPSA) is 52.0 Å². The summed E-state index contributed by atoms with van der Waals surface area (Å²) in [6.45, 7) is 6.66. The Kier molecular flexibility index (Phi) is 5.11. The molecular formula is C21H21F3N2O2S. The van der Waals surface area contributed by atoms with Gasteiger partial charge in [-0.2, -0.15) is 18.3 Å². The lowest BCUT2D eigenvalue weighted by atomic mass is 10.1. The third-order valence-electron chi connectivity index (χ3n) is 4.54. The van der Waals surface area contributed by atoms with Crippen molar-refractivity contribution in [1.82, 2.24) is 9.78 Å². The summed E-state index contributed by atoms with van der Waals surface area (Å²) in [6.07, 6.45) is -4.60. The van der Waals surface area contributed by atoms with Crippen LogP contribution in [0.3, 0.4) is 0 Å². The minimum atomic E-state index is -4.60. The Bertz CT molecular complexity index is 1120. The van der Waals surface area contributed by atoms with Gasteiger partial charge in [0.1, 0.15) is 0 Å². The molecule has 0 fully saturated rings. The van der Waals surface area contributed by atoms with E-state index in [4.69, 9.17) is 0 Å². The van der Waals surface area contributed by atoms with Crippen molar-refractivity contribution in [1.29, 1.82) is 0 Å². The molecule has 0 amide bonds. The molecule has 154 valence electrons. The molecule has 2 aromatic carbocycles. The fourth-order valence-corrected chi connectivity index (χ4v) is 3.97. The summed E-state index contributed by atoms with van der Waals surface area (Å²) >= 11 is 0. The highest BCUT2D eigenvalue weighted by atomic mass is 32.2. The van der Waals surface area contributed by atoms with Crippen LogP contribution in [0.1, 0.15) is 32.0 Å². The molecular weight excluding hydrogens is 401 g/mol. The third-order valence-corrected chi connectivity index (χ3v) is 7.05. The molecule has 0 saturated carbocycles. The van der Waals surface area contributed by atoms with Crippen LogP contribution in [-0.2, 0) is 16.0 Å². The van der Waals surface area contributed by atoms with Crippen LogP contribution >= 0.6 is 0 Å². The van der Waals surface area contributed by atoms with Gasteiger partial charge in [0, 0.05) is 5.56 Å². The van der Waals surface area contributed by atoms with Crippen LogP contribution < -0.4 is 0 Å². The van der Waals surface area contributed by atoms with E-state index in [2.05, 4.69) is 5.10 Å². The van der Waals surface area contributed by atoms with Gasteiger partial charge in [0.05, 0.1) is 21.0 Å². The second-order valence-electron chi connectivity index (χ2n) is 7.80. The summed E-state index contributed by atoms with van der Waals surface area (Å²) < 4.78 is 65.2. The number of rotatable bonds is 3. The van der Waals surface area contributed by atoms with Crippen molar-refractivity contribution in [2.24, 2.45) is 0 Å². The Balaban J connectivity index is 2.13. The molecule has 0 N–H and O–H groups in total. The van der Waals surface area contributed by atoms with Crippen LogP contribution in [0.4, 0.5) is 13.2 Å². The second kappa shape index (κ2) is 7.02. The molecule has 1 heterocycles. The number of aryl methyl sites for hydroxylation is 1. The van der Waals surface area contributed by atoms with E-state index in [1.807, 2.05) is 6.92 Å². The molecule has 0 spiro atoms. The average molecular weight is 422 g/mol. The van der Waals surface area contributed by atoms with E-state index in [0.717, 1.165) is 11.6 Å². The highest BCUT2D eigenvalue weighted by Gasteiger charge is 2.35. The van der Waals surface area contributed by atoms with Gasteiger partial charge in [-0.15, -0.1) is 0 Å². The number of nitrogens with zero attached hydrogens (tertiary/aromatic N) is 2. The van der Waals surface area contributed by atoms with Crippen LogP contribution in [0.15, 0.2) is 59.5 Å². The second-order valence-corrected chi connectivity index (χ2v) is 10.5. The largest absolute Gasteiger partial charge is 0.435 e. The number of halogens is 3. The SMILES string of the molecule is Cc1ccc(-c2cc(C(F)(F)F)nn2-c2ccc(S(=O)(=O)C(C)(C)C)cc2)cc1. The monoisotopic (exact) mass is 422 g/mol. The fourth-order valence-electron chi connectivity index (χ4n) is 2.77. The first-order chi connectivity index (χ1) is 13.3. The average Bonchev–Trinajstić information content (AvgIpc) is 3.07. The lowest BCUT2D eigenvalue weighted by Gasteiger charge is -2.19. The van der Waals surface area contributed by atoms with Crippen molar-refractivity contribution in [3.63, 3.8) is 0 Å². The van der Waals surface area contributed by atoms with E-state index in [1.54, 1.807) is 45.0 Å². The zero-order chi connectivity index (χ0) is 21.6. The molecule has 0 aliphatic rings. The van der Waals surface area contributed by atoms with E-state index < -0.39 is 26.5 Å². The first-order valence-corrected chi connectivity index (χ1v) is 10.4. The van der Waals surface area contributed by atoms with Gasteiger partial charge in [-0.3, -0.25) is 0 Å². The maximum Gasteiger partial charge on any atom is 0.435 e. The Labute approximate surface area is 167 Å². The summed E-state index contributed by atoms with van der Waals surface area (Å²) in [5.74, 6) is 0. The van der Waals surface area contributed by atoms with Crippen LogP contribution in [0.5, 0.6) is 0 Å².